The van der Waals surface area contributed by atoms with Gasteiger partial charge >= 0.3 is 6.18 Å². The molecule has 0 unspecified atom stereocenters. The summed E-state index contributed by atoms with van der Waals surface area (Å²) < 4.78 is 39.8. The molecule has 0 aliphatic heterocycles. The van der Waals surface area contributed by atoms with E-state index in [0.717, 1.165) is 11.5 Å². The average Bonchev–Trinajstić information content (AvgIpc) is 2.35. The standard InChI is InChI=1S/C12H7Cl2F3N2O2/c1-5-8(12(15,16)17)10(20)9(14)11(21)19(5)6-2-3-18-7(13)4-6/h2-4,20H,1H3. The number of hydrogen-bond acceptors (Lipinski definition) is 3. The Labute approximate surface area is 126 Å². The number of nitrogens with zero attached hydrogens (tertiary/aromatic N) is 2. The SMILES string of the molecule is Cc1c(C(F)(F)F)c(O)c(Cl)c(=O)n1-c1ccnc(Cl)c1. The van der Waals surface area contributed by atoms with E-state index in [1.165, 1.54) is 18.3 Å². The molecular weight excluding hydrogens is 332 g/mol. The van der Waals surface area contributed by atoms with Gasteiger partial charge in [0.15, 0.2) is 5.75 Å². The van der Waals surface area contributed by atoms with Crippen molar-refractivity contribution in [2.45, 2.75) is 13.1 Å². The van der Waals surface area contributed by atoms with Crippen molar-refractivity contribution in [2.75, 3.05) is 0 Å². The lowest BCUT2D eigenvalue weighted by Gasteiger charge is -2.18. The van der Waals surface area contributed by atoms with E-state index in [-0.39, 0.29) is 10.8 Å². The number of rotatable bonds is 1. The molecule has 2 heterocycles. The van der Waals surface area contributed by atoms with Crippen molar-refractivity contribution < 1.29 is 18.3 Å². The minimum Gasteiger partial charge on any atom is -0.505 e. The van der Waals surface area contributed by atoms with Crippen LogP contribution in [0.25, 0.3) is 5.69 Å². The molecule has 0 saturated carbocycles. The van der Waals surface area contributed by atoms with Gasteiger partial charge in [0.05, 0.1) is 5.69 Å². The molecule has 0 aliphatic carbocycles. The Hall–Kier alpha value is -1.73. The van der Waals surface area contributed by atoms with Crippen LogP contribution in [-0.4, -0.2) is 14.7 Å². The van der Waals surface area contributed by atoms with E-state index in [9.17, 15) is 23.1 Å². The van der Waals surface area contributed by atoms with Crippen molar-refractivity contribution >= 4 is 23.2 Å². The summed E-state index contributed by atoms with van der Waals surface area (Å²) in [6.45, 7) is 1.05. The molecule has 9 heteroatoms. The fraction of sp³-hybridized carbons (Fsp3) is 0.167. The highest BCUT2D eigenvalue weighted by Crippen LogP contribution is 2.40. The van der Waals surface area contributed by atoms with Crippen molar-refractivity contribution in [1.29, 1.82) is 0 Å². The smallest absolute Gasteiger partial charge is 0.421 e. The van der Waals surface area contributed by atoms with Crippen molar-refractivity contribution in [3.05, 3.63) is 50.1 Å². The van der Waals surface area contributed by atoms with Gasteiger partial charge < -0.3 is 5.11 Å². The van der Waals surface area contributed by atoms with Crippen molar-refractivity contribution in [2.24, 2.45) is 0 Å². The first-order chi connectivity index (χ1) is 9.64. The van der Waals surface area contributed by atoms with Crippen LogP contribution in [0.15, 0.2) is 23.1 Å². The molecule has 2 rings (SSSR count). The number of aromatic hydroxyl groups is 1. The first kappa shape index (κ1) is 15.7. The molecule has 0 fully saturated rings. The second-order valence-electron chi connectivity index (χ2n) is 4.10. The van der Waals surface area contributed by atoms with Gasteiger partial charge in [-0.3, -0.25) is 9.36 Å². The molecule has 1 N–H and O–H groups in total. The minimum atomic E-state index is -4.87. The summed E-state index contributed by atoms with van der Waals surface area (Å²) >= 11 is 11.2. The van der Waals surface area contributed by atoms with Crippen LogP contribution in [0.4, 0.5) is 13.2 Å². The van der Waals surface area contributed by atoms with Crippen LogP contribution < -0.4 is 5.56 Å². The number of hydrogen-bond donors (Lipinski definition) is 1. The predicted molar refractivity (Wildman–Crippen MR) is 71.3 cm³/mol. The predicted octanol–water partition coefficient (Wildman–Crippen LogP) is 3.57. The van der Waals surface area contributed by atoms with Gasteiger partial charge in [0.25, 0.3) is 5.56 Å². The molecule has 21 heavy (non-hydrogen) atoms. The topological polar surface area (TPSA) is 55.1 Å². The molecule has 0 bridgehead atoms. The van der Waals surface area contributed by atoms with Gasteiger partial charge in [0.1, 0.15) is 15.7 Å². The zero-order valence-electron chi connectivity index (χ0n) is 10.4. The van der Waals surface area contributed by atoms with Crippen molar-refractivity contribution in [1.82, 2.24) is 9.55 Å². The van der Waals surface area contributed by atoms with Gasteiger partial charge in [-0.1, -0.05) is 23.2 Å². The maximum absolute atomic E-state index is 13.0. The third kappa shape index (κ3) is 2.71. The fourth-order valence-electron chi connectivity index (χ4n) is 1.93. The summed E-state index contributed by atoms with van der Waals surface area (Å²) in [5.41, 5.74) is -2.80. The van der Waals surface area contributed by atoms with E-state index in [2.05, 4.69) is 4.98 Å². The summed E-state index contributed by atoms with van der Waals surface area (Å²) in [6, 6.07) is 2.51. The first-order valence-corrected chi connectivity index (χ1v) is 6.23. The Morgan fingerprint density at radius 2 is 1.95 bits per heavy atom. The third-order valence-electron chi connectivity index (χ3n) is 2.78. The molecule has 0 aromatic carbocycles. The van der Waals surface area contributed by atoms with Crippen LogP contribution in [0.5, 0.6) is 5.75 Å². The molecule has 0 aliphatic rings. The molecule has 0 spiro atoms. The summed E-state index contributed by atoms with van der Waals surface area (Å²) in [6.07, 6.45) is -3.64. The quantitative estimate of drug-likeness (QED) is 0.808. The van der Waals surface area contributed by atoms with Crippen LogP contribution in [0, 0.1) is 6.92 Å². The Morgan fingerprint density at radius 1 is 1.33 bits per heavy atom. The highest BCUT2D eigenvalue weighted by molar-refractivity contribution is 6.32. The lowest BCUT2D eigenvalue weighted by atomic mass is 10.1. The average molecular weight is 339 g/mol. The van der Waals surface area contributed by atoms with E-state index in [1.54, 1.807) is 0 Å². The number of aromatic nitrogens is 2. The lowest BCUT2D eigenvalue weighted by Crippen LogP contribution is -2.25. The summed E-state index contributed by atoms with van der Waals surface area (Å²) in [5.74, 6) is -1.29. The zero-order chi connectivity index (χ0) is 15.9. The molecule has 4 nitrogen and oxygen atoms in total. The van der Waals surface area contributed by atoms with E-state index >= 15 is 0 Å². The zero-order valence-corrected chi connectivity index (χ0v) is 11.9. The lowest BCUT2D eigenvalue weighted by molar-refractivity contribution is -0.139. The number of pyridine rings is 2. The molecule has 0 atom stereocenters. The normalized spacial score (nSPS) is 11.7. The first-order valence-electron chi connectivity index (χ1n) is 5.47. The minimum absolute atomic E-state index is 0.00319. The second-order valence-corrected chi connectivity index (χ2v) is 4.86. The Bertz CT molecular complexity index is 772. The Kier molecular flexibility index (Phi) is 3.90. The van der Waals surface area contributed by atoms with E-state index in [0.29, 0.717) is 0 Å². The van der Waals surface area contributed by atoms with Crippen molar-refractivity contribution in [3.8, 4) is 11.4 Å². The molecule has 112 valence electrons. The number of halogens is 5. The second kappa shape index (κ2) is 5.23. The highest BCUT2D eigenvalue weighted by Gasteiger charge is 2.39. The third-order valence-corrected chi connectivity index (χ3v) is 3.33. The maximum atomic E-state index is 13.0. The van der Waals surface area contributed by atoms with Crippen LogP contribution >= 0.6 is 23.2 Å². The summed E-state index contributed by atoms with van der Waals surface area (Å²) in [7, 11) is 0. The van der Waals surface area contributed by atoms with Gasteiger partial charge in [-0.25, -0.2) is 4.98 Å². The molecule has 0 amide bonds. The summed E-state index contributed by atoms with van der Waals surface area (Å²) in [5, 5.41) is 8.60. The summed E-state index contributed by atoms with van der Waals surface area (Å²) in [4.78, 5) is 15.7. The maximum Gasteiger partial charge on any atom is 0.421 e. The van der Waals surface area contributed by atoms with Gasteiger partial charge in [-0.15, -0.1) is 0 Å². The van der Waals surface area contributed by atoms with Gasteiger partial charge in [-0.05, 0) is 19.1 Å². The van der Waals surface area contributed by atoms with Gasteiger partial charge in [0.2, 0.25) is 0 Å². The van der Waals surface area contributed by atoms with Crippen LogP contribution in [0.3, 0.4) is 0 Å². The van der Waals surface area contributed by atoms with E-state index < -0.39 is 33.8 Å². The van der Waals surface area contributed by atoms with E-state index in [1.807, 2.05) is 0 Å². The molecule has 2 aromatic heterocycles. The fourth-order valence-corrected chi connectivity index (χ4v) is 2.27. The van der Waals surface area contributed by atoms with Gasteiger partial charge in [0, 0.05) is 11.9 Å². The van der Waals surface area contributed by atoms with Crippen molar-refractivity contribution in [3.63, 3.8) is 0 Å². The molecule has 0 radical (unpaired) electrons. The highest BCUT2D eigenvalue weighted by atomic mass is 35.5. The van der Waals surface area contributed by atoms with Crippen LogP contribution in [0.1, 0.15) is 11.3 Å². The number of alkyl halides is 3. The monoisotopic (exact) mass is 338 g/mol. The molecular formula is C12H7Cl2F3N2O2. The van der Waals surface area contributed by atoms with Gasteiger partial charge in [-0.2, -0.15) is 13.2 Å². The largest absolute Gasteiger partial charge is 0.505 e. The van der Waals surface area contributed by atoms with E-state index in [4.69, 9.17) is 23.2 Å². The van der Waals surface area contributed by atoms with Crippen LogP contribution in [-0.2, 0) is 6.18 Å². The Morgan fingerprint density at radius 3 is 2.48 bits per heavy atom. The van der Waals surface area contributed by atoms with Crippen LogP contribution in [0.2, 0.25) is 10.2 Å². The molecule has 2 aromatic rings. The molecule has 0 saturated heterocycles. The Balaban J connectivity index is 2.91.